The number of nitro groups is 1. The van der Waals surface area contributed by atoms with Gasteiger partial charge in [0.2, 0.25) is 0 Å². The molecule has 3 rings (SSSR count). The number of anilines is 2. The third kappa shape index (κ3) is 6.49. The van der Waals surface area contributed by atoms with Crippen LogP contribution in [-0.4, -0.2) is 56.3 Å². The molecule has 0 spiro atoms. The molecule has 1 aliphatic rings. The van der Waals surface area contributed by atoms with Gasteiger partial charge in [0.05, 0.1) is 34.4 Å². The van der Waals surface area contributed by atoms with Crippen LogP contribution < -0.4 is 15.0 Å². The lowest BCUT2D eigenvalue weighted by molar-refractivity contribution is -0.384. The molecule has 2 aromatic rings. The third-order valence-corrected chi connectivity index (χ3v) is 4.82. The fraction of sp³-hybridized carbons (Fsp3) is 0.300. The average Bonchev–Trinajstić information content (AvgIpc) is 2.79. The van der Waals surface area contributed by atoms with E-state index in [0.717, 1.165) is 12.1 Å². The van der Waals surface area contributed by atoms with Crippen molar-refractivity contribution in [2.24, 2.45) is 0 Å². The zero-order chi connectivity index (χ0) is 24.0. The first-order valence-electron chi connectivity index (χ1n) is 9.57. The number of morpholine rings is 1. The average molecular weight is 486 g/mol. The number of amides is 1. The molecule has 0 aromatic heterocycles. The monoisotopic (exact) mass is 485 g/mol. The minimum absolute atomic E-state index is 0.0598. The number of rotatable bonds is 8. The molecule has 1 saturated heterocycles. The van der Waals surface area contributed by atoms with Crippen molar-refractivity contribution in [3.63, 3.8) is 0 Å². The van der Waals surface area contributed by atoms with E-state index in [0.29, 0.717) is 32.0 Å². The summed E-state index contributed by atoms with van der Waals surface area (Å²) >= 11 is 5.83. The van der Waals surface area contributed by atoms with Crippen LogP contribution in [0.2, 0.25) is 5.02 Å². The molecular weight excluding hydrogens is 468 g/mol. The SMILES string of the molecule is O=C(COC(=O)c1cc([N+](=O)[O-])ccc1N1CCOCC1)Nc1ccc(OC(F)F)c(Cl)c1. The van der Waals surface area contributed by atoms with Gasteiger partial charge in [0.1, 0.15) is 5.75 Å². The highest BCUT2D eigenvalue weighted by molar-refractivity contribution is 6.32. The number of benzene rings is 2. The summed E-state index contributed by atoms with van der Waals surface area (Å²) in [5.41, 5.74) is 0.224. The molecule has 0 radical (unpaired) electrons. The molecule has 0 saturated carbocycles. The first-order chi connectivity index (χ1) is 15.7. The first-order valence-corrected chi connectivity index (χ1v) is 9.95. The van der Waals surface area contributed by atoms with Crippen molar-refractivity contribution in [2.75, 3.05) is 43.1 Å². The fourth-order valence-electron chi connectivity index (χ4n) is 3.06. The van der Waals surface area contributed by atoms with Crippen molar-refractivity contribution in [2.45, 2.75) is 6.61 Å². The number of hydrogen-bond donors (Lipinski definition) is 1. The standard InChI is InChI=1S/C20H18ClF2N3O7/c21-15-9-12(1-4-17(15)33-20(22)23)24-18(27)11-32-19(28)14-10-13(26(29)30)2-3-16(14)25-5-7-31-8-6-25/h1-4,9-10,20H,5-8,11H2,(H,24,27). The quantitative estimate of drug-likeness (QED) is 0.343. The highest BCUT2D eigenvalue weighted by Gasteiger charge is 2.23. The summed E-state index contributed by atoms with van der Waals surface area (Å²) in [6.45, 7) is -1.94. The van der Waals surface area contributed by atoms with Gasteiger partial charge in [-0.1, -0.05) is 11.6 Å². The molecule has 0 bridgehead atoms. The van der Waals surface area contributed by atoms with Crippen LogP contribution in [0.1, 0.15) is 10.4 Å². The predicted molar refractivity (Wildman–Crippen MR) is 113 cm³/mol. The van der Waals surface area contributed by atoms with E-state index in [-0.39, 0.29) is 27.7 Å². The van der Waals surface area contributed by atoms with Crippen LogP contribution in [0.15, 0.2) is 36.4 Å². The van der Waals surface area contributed by atoms with Gasteiger partial charge in [0, 0.05) is 30.9 Å². The number of hydrogen-bond acceptors (Lipinski definition) is 8. The summed E-state index contributed by atoms with van der Waals surface area (Å²) in [6, 6.07) is 7.43. The summed E-state index contributed by atoms with van der Waals surface area (Å²) in [4.78, 5) is 37.1. The number of carbonyl (C=O) groups is 2. The third-order valence-electron chi connectivity index (χ3n) is 4.53. The Balaban J connectivity index is 1.67. The van der Waals surface area contributed by atoms with Gasteiger partial charge in [0.25, 0.3) is 11.6 Å². The summed E-state index contributed by atoms with van der Waals surface area (Å²) in [5, 5.41) is 13.4. The summed E-state index contributed by atoms with van der Waals surface area (Å²) < 4.78 is 39.1. The van der Waals surface area contributed by atoms with Crippen molar-refractivity contribution < 1.29 is 37.5 Å². The van der Waals surface area contributed by atoms with Gasteiger partial charge in [0.15, 0.2) is 6.61 Å². The van der Waals surface area contributed by atoms with Crippen LogP contribution in [0.4, 0.5) is 25.8 Å². The molecule has 0 atom stereocenters. The smallest absolute Gasteiger partial charge is 0.387 e. The molecule has 0 unspecified atom stereocenters. The molecule has 1 heterocycles. The topological polar surface area (TPSA) is 120 Å². The molecule has 10 nitrogen and oxygen atoms in total. The Hall–Kier alpha value is -3.51. The maximum atomic E-state index is 12.6. The van der Waals surface area contributed by atoms with E-state index in [2.05, 4.69) is 10.1 Å². The number of nitro benzene ring substituents is 1. The number of halogens is 3. The largest absolute Gasteiger partial charge is 0.452 e. The van der Waals surface area contributed by atoms with Crippen molar-refractivity contribution in [3.8, 4) is 5.75 Å². The van der Waals surface area contributed by atoms with Crippen LogP contribution in [0.3, 0.4) is 0 Å². The Morgan fingerprint density at radius 1 is 1.21 bits per heavy atom. The maximum absolute atomic E-state index is 12.6. The summed E-state index contributed by atoms with van der Waals surface area (Å²) in [5.74, 6) is -1.92. The highest BCUT2D eigenvalue weighted by Crippen LogP contribution is 2.29. The summed E-state index contributed by atoms with van der Waals surface area (Å²) in [7, 11) is 0. The van der Waals surface area contributed by atoms with Crippen molar-refractivity contribution in [3.05, 3.63) is 57.1 Å². The van der Waals surface area contributed by atoms with Gasteiger partial charge in [-0.25, -0.2) is 4.79 Å². The van der Waals surface area contributed by atoms with Gasteiger partial charge in [-0.05, 0) is 24.3 Å². The molecule has 2 aromatic carbocycles. The maximum Gasteiger partial charge on any atom is 0.387 e. The summed E-state index contributed by atoms with van der Waals surface area (Å²) in [6.07, 6.45) is 0. The van der Waals surface area contributed by atoms with E-state index < -0.39 is 30.0 Å². The number of esters is 1. The van der Waals surface area contributed by atoms with Crippen molar-refractivity contribution in [1.29, 1.82) is 0 Å². The first kappa shape index (κ1) is 24.1. The number of nitrogens with one attached hydrogen (secondary N) is 1. The predicted octanol–water partition coefficient (Wildman–Crippen LogP) is 3.48. The second kappa shape index (κ2) is 10.9. The Labute approximate surface area is 191 Å². The van der Waals surface area contributed by atoms with E-state index in [9.17, 15) is 28.5 Å². The van der Waals surface area contributed by atoms with Crippen LogP contribution >= 0.6 is 11.6 Å². The molecule has 33 heavy (non-hydrogen) atoms. The number of non-ortho nitro benzene ring substituents is 1. The molecule has 13 heteroatoms. The van der Waals surface area contributed by atoms with Gasteiger partial charge in [-0.3, -0.25) is 14.9 Å². The lowest BCUT2D eigenvalue weighted by Gasteiger charge is -2.30. The Morgan fingerprint density at radius 3 is 2.58 bits per heavy atom. The lowest BCUT2D eigenvalue weighted by atomic mass is 10.1. The van der Waals surface area contributed by atoms with Crippen molar-refractivity contribution in [1.82, 2.24) is 0 Å². The van der Waals surface area contributed by atoms with Crippen LogP contribution in [0.5, 0.6) is 5.75 Å². The minimum atomic E-state index is -3.06. The number of alkyl halides is 2. The fourth-order valence-corrected chi connectivity index (χ4v) is 3.28. The lowest BCUT2D eigenvalue weighted by Crippen LogP contribution is -2.37. The number of carbonyl (C=O) groups excluding carboxylic acids is 2. The van der Waals surface area contributed by atoms with Crippen molar-refractivity contribution >= 4 is 40.5 Å². The Bertz CT molecular complexity index is 1050. The van der Waals surface area contributed by atoms with E-state index in [1.165, 1.54) is 24.3 Å². The number of nitrogens with zero attached hydrogens (tertiary/aromatic N) is 2. The Kier molecular flexibility index (Phi) is 7.96. The van der Waals surface area contributed by atoms with Crippen LogP contribution in [0.25, 0.3) is 0 Å². The minimum Gasteiger partial charge on any atom is -0.452 e. The molecular formula is C20H18ClF2N3O7. The highest BCUT2D eigenvalue weighted by atomic mass is 35.5. The normalized spacial score (nSPS) is 13.5. The molecule has 1 N–H and O–H groups in total. The zero-order valence-corrected chi connectivity index (χ0v) is 17.7. The Morgan fingerprint density at radius 2 is 1.94 bits per heavy atom. The molecule has 1 amide bonds. The molecule has 1 fully saturated rings. The van der Waals surface area contributed by atoms with Crippen LogP contribution in [0, 0.1) is 10.1 Å². The molecule has 1 aliphatic heterocycles. The van der Waals surface area contributed by atoms with E-state index in [1.54, 1.807) is 0 Å². The van der Waals surface area contributed by atoms with Gasteiger partial charge in [-0.15, -0.1) is 0 Å². The second-order valence-electron chi connectivity index (χ2n) is 6.71. The number of ether oxygens (including phenoxy) is 3. The van der Waals surface area contributed by atoms with E-state index >= 15 is 0 Å². The second-order valence-corrected chi connectivity index (χ2v) is 7.11. The molecule has 0 aliphatic carbocycles. The van der Waals surface area contributed by atoms with E-state index in [1.807, 2.05) is 4.90 Å². The zero-order valence-electron chi connectivity index (χ0n) is 17.0. The van der Waals surface area contributed by atoms with Gasteiger partial charge in [-0.2, -0.15) is 8.78 Å². The van der Waals surface area contributed by atoms with Gasteiger partial charge >= 0.3 is 12.6 Å². The van der Waals surface area contributed by atoms with E-state index in [4.69, 9.17) is 21.1 Å². The van der Waals surface area contributed by atoms with Gasteiger partial charge < -0.3 is 24.4 Å². The van der Waals surface area contributed by atoms with Crippen LogP contribution in [-0.2, 0) is 14.3 Å². The molecule has 176 valence electrons.